The Balaban J connectivity index is 3.05. The van der Waals surface area contributed by atoms with Gasteiger partial charge in [0.25, 0.3) is 0 Å². The monoisotopic (exact) mass is 288 g/mol. The fourth-order valence-electron chi connectivity index (χ4n) is 1.84. The zero-order valence-corrected chi connectivity index (χ0v) is 13.9. The number of rotatable bonds is 13. The lowest BCUT2D eigenvalue weighted by molar-refractivity contribution is -0.136. The van der Waals surface area contributed by atoms with Crippen LogP contribution in [0.5, 0.6) is 0 Å². The van der Waals surface area contributed by atoms with Crippen molar-refractivity contribution >= 4 is 18.0 Å². The molecule has 0 aromatic rings. The lowest BCUT2D eigenvalue weighted by atomic mass is 10.1. The Bertz CT molecular complexity index is 205. The van der Waals surface area contributed by atoms with E-state index in [0.29, 0.717) is 0 Å². The Kier molecular flexibility index (Phi) is 14.1. The quantitative estimate of drug-likeness (QED) is 0.318. The minimum absolute atomic E-state index is 0.0137. The number of hydrogen-bond donors (Lipinski definition) is 0. The van der Waals surface area contributed by atoms with Crippen LogP contribution in [-0.4, -0.2) is 11.7 Å². The molecule has 0 rings (SSSR count). The third-order valence-electron chi connectivity index (χ3n) is 3.19. The van der Waals surface area contributed by atoms with Crippen molar-refractivity contribution in [3.63, 3.8) is 0 Å². The first-order valence-corrected chi connectivity index (χ1v) is 8.92. The lowest BCUT2D eigenvalue weighted by Gasteiger charge is -2.05. The van der Waals surface area contributed by atoms with Crippen LogP contribution in [0, 0.1) is 5.92 Å². The first-order chi connectivity index (χ1) is 9.18. The zero-order chi connectivity index (χ0) is 14.3. The summed E-state index contributed by atoms with van der Waals surface area (Å²) in [6, 6.07) is 0. The molecule has 0 fully saturated rings. The van der Waals surface area contributed by atoms with Crippen molar-refractivity contribution in [3.8, 4) is 0 Å². The van der Waals surface area contributed by atoms with Gasteiger partial charge in [0.1, 0.15) is 0 Å². The van der Waals surface area contributed by atoms with Crippen molar-refractivity contribution in [1.29, 1.82) is 0 Å². The lowest BCUT2D eigenvalue weighted by Crippen LogP contribution is -2.07. The second kappa shape index (κ2) is 14.2. The van der Waals surface area contributed by atoms with Gasteiger partial charge < -0.3 is 4.18 Å². The van der Waals surface area contributed by atoms with Gasteiger partial charge in [-0.15, -0.1) is 0 Å². The second-order valence-electron chi connectivity index (χ2n) is 5.56. The van der Waals surface area contributed by atoms with E-state index in [1.54, 1.807) is 0 Å². The molecule has 0 saturated carbocycles. The summed E-state index contributed by atoms with van der Waals surface area (Å²) in [7, 11) is 0. The average Bonchev–Trinajstić information content (AvgIpc) is 2.39. The van der Waals surface area contributed by atoms with E-state index in [1.165, 1.54) is 69.8 Å². The van der Waals surface area contributed by atoms with Crippen LogP contribution >= 0.6 is 12.0 Å². The minimum Gasteiger partial charge on any atom is -0.391 e. The van der Waals surface area contributed by atoms with Gasteiger partial charge in [0.05, 0.1) is 18.0 Å². The van der Waals surface area contributed by atoms with Crippen molar-refractivity contribution in [2.24, 2.45) is 5.92 Å². The van der Waals surface area contributed by atoms with Crippen LogP contribution in [0.2, 0.25) is 0 Å². The molecule has 0 aliphatic heterocycles. The topological polar surface area (TPSA) is 26.3 Å². The van der Waals surface area contributed by atoms with Crippen molar-refractivity contribution in [2.75, 3.05) is 5.75 Å². The van der Waals surface area contributed by atoms with E-state index in [1.807, 2.05) is 13.8 Å². The second-order valence-corrected chi connectivity index (χ2v) is 6.37. The smallest absolute Gasteiger partial charge is 0.320 e. The largest absolute Gasteiger partial charge is 0.391 e. The maximum Gasteiger partial charge on any atom is 0.320 e. The van der Waals surface area contributed by atoms with Crippen LogP contribution in [-0.2, 0) is 8.98 Å². The third-order valence-corrected chi connectivity index (χ3v) is 3.93. The van der Waals surface area contributed by atoms with Crippen LogP contribution in [0.15, 0.2) is 0 Å². The first-order valence-electron chi connectivity index (χ1n) is 8.01. The molecule has 0 bridgehead atoms. The maximum absolute atomic E-state index is 11.2. The van der Waals surface area contributed by atoms with Gasteiger partial charge >= 0.3 is 5.97 Å². The van der Waals surface area contributed by atoms with E-state index in [-0.39, 0.29) is 11.9 Å². The molecule has 0 atom stereocenters. The Labute approximate surface area is 124 Å². The number of unbranched alkanes of at least 4 members (excludes halogenated alkanes) is 9. The van der Waals surface area contributed by atoms with Gasteiger partial charge in [-0.25, -0.2) is 0 Å². The number of hydrogen-bond acceptors (Lipinski definition) is 3. The highest BCUT2D eigenvalue weighted by molar-refractivity contribution is 7.95. The highest BCUT2D eigenvalue weighted by atomic mass is 32.2. The van der Waals surface area contributed by atoms with Crippen LogP contribution in [0.1, 0.15) is 85.0 Å². The normalized spacial score (nSPS) is 10.9. The highest BCUT2D eigenvalue weighted by Crippen LogP contribution is 2.14. The van der Waals surface area contributed by atoms with Gasteiger partial charge in [0, 0.05) is 5.75 Å². The van der Waals surface area contributed by atoms with Crippen LogP contribution in [0.4, 0.5) is 0 Å². The Morgan fingerprint density at radius 1 is 0.895 bits per heavy atom. The van der Waals surface area contributed by atoms with Crippen LogP contribution < -0.4 is 0 Å². The Morgan fingerprint density at radius 2 is 1.37 bits per heavy atom. The van der Waals surface area contributed by atoms with Gasteiger partial charge in [-0.3, -0.25) is 4.79 Å². The minimum atomic E-state index is -0.0999. The molecule has 0 aliphatic rings. The highest BCUT2D eigenvalue weighted by Gasteiger charge is 2.08. The summed E-state index contributed by atoms with van der Waals surface area (Å²) in [5.74, 6) is 0.826. The summed E-state index contributed by atoms with van der Waals surface area (Å²) in [5, 5.41) is 0. The van der Waals surface area contributed by atoms with E-state index in [0.717, 1.165) is 12.2 Å². The molecule has 0 N–H and O–H groups in total. The molecule has 0 aromatic carbocycles. The van der Waals surface area contributed by atoms with Gasteiger partial charge in [-0.1, -0.05) is 78.6 Å². The summed E-state index contributed by atoms with van der Waals surface area (Å²) in [5.41, 5.74) is 0. The van der Waals surface area contributed by atoms with Crippen molar-refractivity contribution in [3.05, 3.63) is 0 Å². The summed E-state index contributed by atoms with van der Waals surface area (Å²) in [6.45, 7) is 5.99. The summed E-state index contributed by atoms with van der Waals surface area (Å²) >= 11 is 1.32. The molecule has 0 radical (unpaired) electrons. The Hall–Kier alpha value is -0.180. The molecule has 0 amide bonds. The van der Waals surface area contributed by atoms with Crippen molar-refractivity contribution in [1.82, 2.24) is 0 Å². The van der Waals surface area contributed by atoms with E-state index in [4.69, 9.17) is 4.18 Å². The molecule has 0 aromatic heterocycles. The molecule has 0 heterocycles. The predicted octanol–water partition coefficient (Wildman–Crippen LogP) is 5.75. The molecular weight excluding hydrogens is 256 g/mol. The summed E-state index contributed by atoms with van der Waals surface area (Å²) < 4.78 is 5.06. The standard InChI is InChI=1S/C16H32O2S/c1-4-5-6-7-8-9-10-11-12-13-14-19-18-16(17)15(2)3/h15H,4-14H2,1-3H3. The molecule has 0 saturated heterocycles. The zero-order valence-electron chi connectivity index (χ0n) is 13.1. The van der Waals surface area contributed by atoms with E-state index in [9.17, 15) is 4.79 Å². The van der Waals surface area contributed by atoms with E-state index >= 15 is 0 Å². The summed E-state index contributed by atoms with van der Waals surface area (Å²) in [4.78, 5) is 11.2. The van der Waals surface area contributed by atoms with Crippen LogP contribution in [0.25, 0.3) is 0 Å². The number of carbonyl (C=O) groups is 1. The molecule has 0 unspecified atom stereocenters. The molecular formula is C16H32O2S. The molecule has 0 spiro atoms. The molecule has 3 heteroatoms. The van der Waals surface area contributed by atoms with E-state index < -0.39 is 0 Å². The fraction of sp³-hybridized carbons (Fsp3) is 0.938. The molecule has 0 aliphatic carbocycles. The SMILES string of the molecule is CCCCCCCCCCCCSOC(=O)C(C)C. The first kappa shape index (κ1) is 18.8. The molecule has 2 nitrogen and oxygen atoms in total. The maximum atomic E-state index is 11.2. The molecule has 19 heavy (non-hydrogen) atoms. The Morgan fingerprint density at radius 3 is 1.84 bits per heavy atom. The van der Waals surface area contributed by atoms with Crippen molar-refractivity contribution < 1.29 is 8.98 Å². The molecule has 114 valence electrons. The van der Waals surface area contributed by atoms with Crippen LogP contribution in [0.3, 0.4) is 0 Å². The van der Waals surface area contributed by atoms with Crippen molar-refractivity contribution in [2.45, 2.75) is 85.0 Å². The summed E-state index contributed by atoms with van der Waals surface area (Å²) in [6.07, 6.45) is 13.5. The van der Waals surface area contributed by atoms with Gasteiger partial charge in [0.15, 0.2) is 0 Å². The fourth-order valence-corrected chi connectivity index (χ4v) is 2.56. The predicted molar refractivity (Wildman–Crippen MR) is 85.2 cm³/mol. The van der Waals surface area contributed by atoms with Gasteiger partial charge in [0.2, 0.25) is 0 Å². The third kappa shape index (κ3) is 14.0. The number of carbonyl (C=O) groups excluding carboxylic acids is 1. The van der Waals surface area contributed by atoms with Gasteiger partial charge in [-0.2, -0.15) is 0 Å². The van der Waals surface area contributed by atoms with E-state index in [2.05, 4.69) is 6.92 Å². The van der Waals surface area contributed by atoms with Gasteiger partial charge in [-0.05, 0) is 6.42 Å². The average molecular weight is 288 g/mol.